The zero-order valence-corrected chi connectivity index (χ0v) is 23.6. The Balaban J connectivity index is 1.15. The summed E-state index contributed by atoms with van der Waals surface area (Å²) in [5.74, 6) is 0.0376. The molecule has 5 saturated heterocycles. The highest BCUT2D eigenvalue weighted by molar-refractivity contribution is 8.00. The number of nitrogens with zero attached hydrogens (tertiary/aromatic N) is 2. The first-order chi connectivity index (χ1) is 18.1. The molecule has 0 spiro atoms. The van der Waals surface area contributed by atoms with E-state index in [4.69, 9.17) is 16.3 Å². The molecule has 0 aromatic heterocycles. The van der Waals surface area contributed by atoms with E-state index in [-0.39, 0.29) is 58.0 Å². The van der Waals surface area contributed by atoms with Gasteiger partial charge >= 0.3 is 6.55 Å². The van der Waals surface area contributed by atoms with Gasteiger partial charge in [0.2, 0.25) is 11.8 Å². The second-order valence-electron chi connectivity index (χ2n) is 11.4. The lowest BCUT2D eigenvalue weighted by molar-refractivity contribution is -0.134. The van der Waals surface area contributed by atoms with Crippen LogP contribution in [0.5, 0.6) is 0 Å². The maximum absolute atomic E-state index is 13.5. The quantitative estimate of drug-likeness (QED) is 0.224. The van der Waals surface area contributed by atoms with E-state index in [0.717, 1.165) is 17.9 Å². The molecule has 5 heterocycles. The fraction of sp³-hybridized carbons (Fsp3) is 0.917. The zero-order chi connectivity index (χ0) is 27.1. The Kier molecular flexibility index (Phi) is 9.05. The number of hydrogen-bond acceptors (Lipinski definition) is 9. The molecule has 0 saturated carbocycles. The van der Waals surface area contributed by atoms with E-state index >= 15 is 0 Å². The molecule has 5 fully saturated rings. The van der Waals surface area contributed by atoms with Crippen LogP contribution in [0, 0.1) is 17.8 Å². The number of ether oxygens (including phenoxy) is 1. The van der Waals surface area contributed by atoms with E-state index in [1.54, 1.807) is 30.7 Å². The summed E-state index contributed by atoms with van der Waals surface area (Å²) in [7, 11) is 1.72. The van der Waals surface area contributed by atoms with Crippen molar-refractivity contribution in [1.82, 2.24) is 36.6 Å². The lowest BCUT2D eigenvalue weighted by Gasteiger charge is -2.45. The third kappa shape index (κ3) is 5.95. The van der Waals surface area contributed by atoms with Crippen molar-refractivity contribution in [3.63, 3.8) is 0 Å². The summed E-state index contributed by atoms with van der Waals surface area (Å²) in [4.78, 5) is 28.3. The summed E-state index contributed by atoms with van der Waals surface area (Å²) in [5, 5.41) is 14.4. The van der Waals surface area contributed by atoms with Gasteiger partial charge in [0.15, 0.2) is 0 Å². The second kappa shape index (κ2) is 12.0. The van der Waals surface area contributed by atoms with Crippen LogP contribution in [0.1, 0.15) is 33.1 Å². The molecule has 0 aliphatic carbocycles. The second-order valence-corrected chi connectivity index (χ2v) is 13.3. The molecule has 2 amide bonds. The molecule has 11 unspecified atom stereocenters. The van der Waals surface area contributed by atoms with Gasteiger partial charge in [-0.1, -0.05) is 0 Å². The van der Waals surface area contributed by atoms with E-state index in [1.165, 1.54) is 0 Å². The molecule has 216 valence electrons. The van der Waals surface area contributed by atoms with Crippen LogP contribution >= 0.6 is 23.4 Å². The number of carbonyl (C=O) groups is 2. The summed E-state index contributed by atoms with van der Waals surface area (Å²) in [5.41, 5.74) is 2.32. The number of piperidine rings is 2. The molecular formula is C24H40ClF2N7O3S. The number of fused-ring (bicyclic) bond motifs is 1. The Morgan fingerprint density at radius 2 is 1.89 bits per heavy atom. The van der Waals surface area contributed by atoms with Gasteiger partial charge in [0.1, 0.15) is 11.5 Å². The molecule has 14 heteroatoms. The van der Waals surface area contributed by atoms with Gasteiger partial charge in [-0.2, -0.15) is 13.8 Å². The molecule has 10 nitrogen and oxygen atoms in total. The van der Waals surface area contributed by atoms with Crippen molar-refractivity contribution in [3.05, 3.63) is 0 Å². The number of nitrogens with one attached hydrogen (secondary N) is 5. The monoisotopic (exact) mass is 579 g/mol. The van der Waals surface area contributed by atoms with Crippen molar-refractivity contribution in [3.8, 4) is 0 Å². The van der Waals surface area contributed by atoms with Crippen LogP contribution in [0.2, 0.25) is 0 Å². The van der Waals surface area contributed by atoms with E-state index in [1.807, 2.05) is 0 Å². The fourth-order valence-electron chi connectivity index (χ4n) is 6.89. The Morgan fingerprint density at radius 3 is 2.58 bits per heavy atom. The largest absolute Gasteiger partial charge is 0.380 e. The van der Waals surface area contributed by atoms with Crippen LogP contribution in [-0.4, -0.2) is 108 Å². The van der Waals surface area contributed by atoms with Crippen LogP contribution in [0.15, 0.2) is 0 Å². The summed E-state index contributed by atoms with van der Waals surface area (Å²) in [6.45, 7) is 3.51. The van der Waals surface area contributed by atoms with Crippen LogP contribution in [0.4, 0.5) is 8.78 Å². The minimum atomic E-state index is -2.64. The van der Waals surface area contributed by atoms with Gasteiger partial charge in [0.05, 0.1) is 17.5 Å². The first-order valence-electron chi connectivity index (χ1n) is 13.6. The lowest BCUT2D eigenvalue weighted by atomic mass is 9.70. The summed E-state index contributed by atoms with van der Waals surface area (Å²) in [6.07, 6.45) is 2.02. The number of hydrazine groups is 1. The minimum Gasteiger partial charge on any atom is -0.380 e. The average molecular weight is 580 g/mol. The first-order valence-corrected chi connectivity index (χ1v) is 15.0. The summed E-state index contributed by atoms with van der Waals surface area (Å²) in [6, 6.07) is -0.676. The number of carbonyl (C=O) groups excluding carboxylic acids is 2. The topological polar surface area (TPSA) is 110 Å². The molecule has 38 heavy (non-hydrogen) atoms. The Hall–Kier alpha value is -0.800. The average Bonchev–Trinajstić information content (AvgIpc) is 3.56. The molecule has 0 aromatic carbocycles. The Bertz CT molecular complexity index is 867. The number of halogens is 3. The highest BCUT2D eigenvalue weighted by Crippen LogP contribution is 2.38. The molecule has 5 N–H and O–H groups in total. The fourth-order valence-corrected chi connectivity index (χ4v) is 8.59. The number of hydrogen-bond donors (Lipinski definition) is 5. The van der Waals surface area contributed by atoms with Gasteiger partial charge in [0, 0.05) is 56.7 Å². The van der Waals surface area contributed by atoms with Gasteiger partial charge in [-0.05, 0) is 44.9 Å². The smallest absolute Gasteiger partial charge is 0.307 e. The Labute approximate surface area is 232 Å². The van der Waals surface area contributed by atoms with E-state index in [2.05, 4.69) is 33.6 Å². The van der Waals surface area contributed by atoms with Crippen LogP contribution in [0.25, 0.3) is 0 Å². The van der Waals surface area contributed by atoms with Gasteiger partial charge in [-0.25, -0.2) is 5.43 Å². The van der Waals surface area contributed by atoms with Gasteiger partial charge in [-0.3, -0.25) is 20.2 Å². The van der Waals surface area contributed by atoms with Crippen molar-refractivity contribution in [1.29, 1.82) is 0 Å². The maximum Gasteiger partial charge on any atom is 0.307 e. The predicted octanol–water partition coefficient (Wildman–Crippen LogP) is 0.296. The Morgan fingerprint density at radius 1 is 1.11 bits per heavy atom. The molecular weight excluding hydrogens is 540 g/mol. The number of rotatable bonds is 6. The van der Waals surface area contributed by atoms with Crippen LogP contribution in [0.3, 0.4) is 0 Å². The predicted molar refractivity (Wildman–Crippen MR) is 141 cm³/mol. The lowest BCUT2D eigenvalue weighted by Crippen LogP contribution is -2.57. The summed E-state index contributed by atoms with van der Waals surface area (Å²) >= 11 is 8.07. The van der Waals surface area contributed by atoms with Crippen molar-refractivity contribution in [2.24, 2.45) is 17.8 Å². The first kappa shape index (κ1) is 28.7. The number of methoxy groups -OCH3 is 1. The number of alkyl halides is 3. The van der Waals surface area contributed by atoms with Crippen LogP contribution in [-0.2, 0) is 14.3 Å². The zero-order valence-electron chi connectivity index (χ0n) is 22.0. The molecule has 11 atom stereocenters. The van der Waals surface area contributed by atoms with Gasteiger partial charge in [-0.15, -0.1) is 23.4 Å². The normalized spacial score (nSPS) is 44.0. The molecule has 5 rings (SSSR count). The minimum absolute atomic E-state index is 0.0163. The number of likely N-dealkylation sites (tertiary alicyclic amines) is 1. The molecule has 0 aromatic rings. The molecule has 5 aliphatic heterocycles. The van der Waals surface area contributed by atoms with Crippen molar-refractivity contribution < 1.29 is 23.1 Å². The number of thioether (sulfide) groups is 1. The standard InChI is InChI=1S/C24H40ClF2N7O3S/c1-11-4-13(14-6-20(25)29-8-18(14)37-3)15(7-28-11)21(35)31-24-30-17-9-33(10-19(17)38-24)22(36)16-5-12(2)34(32-16)23(26)27/h11-20,23-24,28-30,32H,4-10H2,1-3H3,(H,31,35). The van der Waals surface area contributed by atoms with E-state index < -0.39 is 18.6 Å². The number of amides is 2. The van der Waals surface area contributed by atoms with E-state index in [0.29, 0.717) is 38.6 Å². The SMILES string of the molecule is COC1CNC(Cl)CC1C1CC(C)NCC1C(=O)NC1NC2CN(C(=O)C3CC(C)N(C(F)F)N3)CC2S1. The maximum atomic E-state index is 13.5. The molecule has 0 bridgehead atoms. The van der Waals surface area contributed by atoms with Gasteiger partial charge < -0.3 is 20.3 Å². The highest BCUT2D eigenvalue weighted by Gasteiger charge is 2.48. The van der Waals surface area contributed by atoms with Crippen molar-refractivity contribution in [2.75, 3.05) is 33.3 Å². The molecule has 5 aliphatic rings. The third-order valence-electron chi connectivity index (χ3n) is 8.91. The third-order valence-corrected chi connectivity index (χ3v) is 10.6. The van der Waals surface area contributed by atoms with Crippen molar-refractivity contribution in [2.45, 2.75) is 86.2 Å². The van der Waals surface area contributed by atoms with E-state index in [9.17, 15) is 18.4 Å². The van der Waals surface area contributed by atoms with Crippen molar-refractivity contribution >= 4 is 35.2 Å². The van der Waals surface area contributed by atoms with Crippen LogP contribution < -0.4 is 26.7 Å². The van der Waals surface area contributed by atoms with Gasteiger partial charge in [0.25, 0.3) is 0 Å². The highest BCUT2D eigenvalue weighted by atomic mass is 35.5. The molecule has 0 radical (unpaired) electrons. The summed E-state index contributed by atoms with van der Waals surface area (Å²) < 4.78 is 32.1.